The van der Waals surface area contributed by atoms with E-state index in [1.807, 2.05) is 0 Å². The Hall–Kier alpha value is -0.310. The van der Waals surface area contributed by atoms with Crippen LogP contribution in [-0.4, -0.2) is 11.2 Å². The van der Waals surface area contributed by atoms with Gasteiger partial charge in [0.15, 0.2) is 5.11 Å². The average molecular weight is 158 g/mol. The van der Waals surface area contributed by atoms with Crippen LogP contribution < -0.4 is 11.1 Å². The summed E-state index contributed by atoms with van der Waals surface area (Å²) >= 11 is 4.75. The van der Waals surface area contributed by atoms with Crippen LogP contribution in [-0.2, 0) is 0 Å². The van der Waals surface area contributed by atoms with Gasteiger partial charge in [0.25, 0.3) is 0 Å². The van der Waals surface area contributed by atoms with E-state index < -0.39 is 0 Å². The first-order valence-corrected chi connectivity index (χ1v) is 4.20. The van der Waals surface area contributed by atoms with E-state index in [2.05, 4.69) is 12.2 Å². The topological polar surface area (TPSA) is 38.0 Å². The number of nitrogens with two attached hydrogens (primary N) is 1. The van der Waals surface area contributed by atoms with E-state index >= 15 is 0 Å². The average Bonchev–Trinajstić information content (AvgIpc) is 2.63. The third kappa shape index (κ3) is 2.14. The maximum Gasteiger partial charge on any atom is 0.163 e. The SMILES string of the molecule is CCC(NC(N)=S)C1CC1. The predicted octanol–water partition coefficient (Wildman–Crippen LogP) is 1.01. The molecule has 0 aliphatic heterocycles. The Bertz CT molecular complexity index is 132. The lowest BCUT2D eigenvalue weighted by Crippen LogP contribution is -2.39. The molecule has 1 aliphatic carbocycles. The zero-order valence-corrected chi connectivity index (χ0v) is 7.08. The molecule has 3 N–H and O–H groups in total. The zero-order valence-electron chi connectivity index (χ0n) is 6.26. The van der Waals surface area contributed by atoms with Crippen molar-refractivity contribution in [3.63, 3.8) is 0 Å². The van der Waals surface area contributed by atoms with Crippen molar-refractivity contribution in [2.75, 3.05) is 0 Å². The molecular formula is C7H14N2S. The quantitative estimate of drug-likeness (QED) is 0.602. The summed E-state index contributed by atoms with van der Waals surface area (Å²) in [5, 5.41) is 3.54. The van der Waals surface area contributed by atoms with E-state index in [-0.39, 0.29) is 0 Å². The van der Waals surface area contributed by atoms with E-state index in [9.17, 15) is 0 Å². The fourth-order valence-electron chi connectivity index (χ4n) is 1.23. The summed E-state index contributed by atoms with van der Waals surface area (Å²) in [5.41, 5.74) is 5.35. The highest BCUT2D eigenvalue weighted by molar-refractivity contribution is 7.80. The molecule has 0 bridgehead atoms. The molecule has 3 heteroatoms. The van der Waals surface area contributed by atoms with Gasteiger partial charge in [-0.05, 0) is 37.4 Å². The molecule has 1 atom stereocenters. The van der Waals surface area contributed by atoms with Gasteiger partial charge in [-0.1, -0.05) is 6.92 Å². The van der Waals surface area contributed by atoms with Gasteiger partial charge < -0.3 is 11.1 Å². The van der Waals surface area contributed by atoms with Gasteiger partial charge in [0.05, 0.1) is 0 Å². The second-order valence-electron chi connectivity index (χ2n) is 2.86. The van der Waals surface area contributed by atoms with Crippen LogP contribution in [0.15, 0.2) is 0 Å². The maximum atomic E-state index is 5.35. The van der Waals surface area contributed by atoms with Crippen molar-refractivity contribution >= 4 is 17.3 Å². The van der Waals surface area contributed by atoms with Gasteiger partial charge in [0, 0.05) is 6.04 Å². The Labute approximate surface area is 67.2 Å². The highest BCUT2D eigenvalue weighted by Crippen LogP contribution is 2.33. The zero-order chi connectivity index (χ0) is 7.56. The van der Waals surface area contributed by atoms with E-state index in [1.165, 1.54) is 12.8 Å². The number of hydrogen-bond donors (Lipinski definition) is 2. The predicted molar refractivity (Wildman–Crippen MR) is 46.7 cm³/mol. The Morgan fingerprint density at radius 3 is 2.70 bits per heavy atom. The molecule has 2 nitrogen and oxygen atoms in total. The molecule has 0 heterocycles. The summed E-state index contributed by atoms with van der Waals surface area (Å²) in [7, 11) is 0. The van der Waals surface area contributed by atoms with Crippen LogP contribution in [0.3, 0.4) is 0 Å². The Balaban J connectivity index is 2.25. The van der Waals surface area contributed by atoms with Gasteiger partial charge in [-0.25, -0.2) is 0 Å². The molecule has 1 aliphatic rings. The van der Waals surface area contributed by atoms with Crippen LogP contribution in [0.2, 0.25) is 0 Å². The first-order chi connectivity index (χ1) is 4.74. The normalized spacial score (nSPS) is 20.1. The van der Waals surface area contributed by atoms with Gasteiger partial charge in [0.1, 0.15) is 0 Å². The Morgan fingerprint density at radius 2 is 2.40 bits per heavy atom. The molecule has 0 aromatic rings. The molecule has 1 saturated carbocycles. The summed E-state index contributed by atoms with van der Waals surface area (Å²) in [4.78, 5) is 0. The lowest BCUT2D eigenvalue weighted by molar-refractivity contribution is 0.525. The Morgan fingerprint density at radius 1 is 1.80 bits per heavy atom. The number of rotatable bonds is 3. The fraction of sp³-hybridized carbons (Fsp3) is 0.857. The van der Waals surface area contributed by atoms with Crippen molar-refractivity contribution in [3.8, 4) is 0 Å². The van der Waals surface area contributed by atoms with Crippen molar-refractivity contribution < 1.29 is 0 Å². The molecule has 0 aromatic heterocycles. The van der Waals surface area contributed by atoms with Gasteiger partial charge >= 0.3 is 0 Å². The molecule has 0 radical (unpaired) electrons. The first-order valence-electron chi connectivity index (χ1n) is 3.80. The Kier molecular flexibility index (Phi) is 2.49. The molecule has 1 unspecified atom stereocenters. The van der Waals surface area contributed by atoms with Crippen molar-refractivity contribution in [2.24, 2.45) is 11.7 Å². The highest BCUT2D eigenvalue weighted by atomic mass is 32.1. The van der Waals surface area contributed by atoms with E-state index in [0.717, 1.165) is 12.3 Å². The lowest BCUT2D eigenvalue weighted by atomic mass is 10.1. The molecular weight excluding hydrogens is 144 g/mol. The van der Waals surface area contributed by atoms with E-state index in [4.69, 9.17) is 18.0 Å². The third-order valence-corrected chi connectivity index (χ3v) is 2.08. The third-order valence-electron chi connectivity index (χ3n) is 1.96. The summed E-state index contributed by atoms with van der Waals surface area (Å²) in [6.07, 6.45) is 3.81. The molecule has 0 aromatic carbocycles. The first kappa shape index (κ1) is 7.79. The minimum atomic E-state index is 0.443. The monoisotopic (exact) mass is 158 g/mol. The molecule has 58 valence electrons. The van der Waals surface area contributed by atoms with Gasteiger partial charge in [-0.2, -0.15) is 0 Å². The second kappa shape index (κ2) is 3.19. The molecule has 0 spiro atoms. The van der Waals surface area contributed by atoms with Crippen molar-refractivity contribution in [1.82, 2.24) is 5.32 Å². The smallest absolute Gasteiger partial charge is 0.163 e. The van der Waals surface area contributed by atoms with Crippen LogP contribution in [0, 0.1) is 5.92 Å². The van der Waals surface area contributed by atoms with Gasteiger partial charge in [0.2, 0.25) is 0 Å². The summed E-state index contributed by atoms with van der Waals surface area (Å²) in [5.74, 6) is 0.839. The van der Waals surface area contributed by atoms with Crippen LogP contribution in [0.25, 0.3) is 0 Å². The molecule has 0 saturated heterocycles. The van der Waals surface area contributed by atoms with Crippen LogP contribution >= 0.6 is 12.2 Å². The van der Waals surface area contributed by atoms with Crippen LogP contribution in [0.5, 0.6) is 0 Å². The number of hydrogen-bond acceptors (Lipinski definition) is 1. The number of nitrogens with one attached hydrogen (secondary N) is 1. The second-order valence-corrected chi connectivity index (χ2v) is 3.30. The summed E-state index contributed by atoms with van der Waals surface area (Å²) in [6.45, 7) is 2.16. The van der Waals surface area contributed by atoms with Crippen molar-refractivity contribution in [2.45, 2.75) is 32.2 Å². The molecule has 1 rings (SSSR count). The van der Waals surface area contributed by atoms with Crippen molar-refractivity contribution in [3.05, 3.63) is 0 Å². The van der Waals surface area contributed by atoms with Gasteiger partial charge in [-0.15, -0.1) is 0 Å². The molecule has 0 amide bonds. The standard InChI is InChI=1S/C7H14N2S/c1-2-6(5-3-4-5)9-7(8)10/h5-6H,2-4H2,1H3,(H3,8,9,10). The number of thiocarbonyl (C=S) groups is 1. The summed E-state index contributed by atoms with van der Waals surface area (Å²) < 4.78 is 0. The van der Waals surface area contributed by atoms with Gasteiger partial charge in [-0.3, -0.25) is 0 Å². The molecule has 10 heavy (non-hydrogen) atoms. The largest absolute Gasteiger partial charge is 0.376 e. The minimum absolute atomic E-state index is 0.443. The maximum absolute atomic E-state index is 5.35. The highest BCUT2D eigenvalue weighted by Gasteiger charge is 2.29. The summed E-state index contributed by atoms with van der Waals surface area (Å²) in [6, 6.07) is 0.539. The molecule has 1 fully saturated rings. The fourth-order valence-corrected chi connectivity index (χ4v) is 1.39. The lowest BCUT2D eigenvalue weighted by Gasteiger charge is -2.15. The van der Waals surface area contributed by atoms with Crippen LogP contribution in [0.1, 0.15) is 26.2 Å². The van der Waals surface area contributed by atoms with E-state index in [1.54, 1.807) is 0 Å². The minimum Gasteiger partial charge on any atom is -0.376 e. The van der Waals surface area contributed by atoms with Crippen LogP contribution in [0.4, 0.5) is 0 Å². The van der Waals surface area contributed by atoms with Crippen molar-refractivity contribution in [1.29, 1.82) is 0 Å². The van der Waals surface area contributed by atoms with E-state index in [0.29, 0.717) is 11.2 Å².